The highest BCUT2D eigenvalue weighted by Gasteiger charge is 2.21. The van der Waals surface area contributed by atoms with Gasteiger partial charge in [-0.25, -0.2) is 0 Å². The lowest BCUT2D eigenvalue weighted by atomic mass is 10.3. The second-order valence-electron chi connectivity index (χ2n) is 5.40. The van der Waals surface area contributed by atoms with E-state index in [0.29, 0.717) is 11.4 Å². The van der Waals surface area contributed by atoms with Gasteiger partial charge in [0, 0.05) is 6.54 Å². The van der Waals surface area contributed by atoms with Gasteiger partial charge in [0.05, 0.1) is 16.4 Å². The van der Waals surface area contributed by atoms with Gasteiger partial charge in [-0.2, -0.15) is 10.2 Å². The molecule has 0 unspecified atom stereocenters. The van der Waals surface area contributed by atoms with Crippen LogP contribution in [0.15, 0.2) is 6.20 Å². The summed E-state index contributed by atoms with van der Waals surface area (Å²) in [5, 5.41) is 32.3. The molecule has 2 heterocycles. The van der Waals surface area contributed by atoms with Gasteiger partial charge in [-0.15, -0.1) is 0 Å². The van der Waals surface area contributed by atoms with Crippen LogP contribution < -0.4 is 5.32 Å². The number of nitrogens with one attached hydrogen (secondary N) is 1. The molecule has 0 aromatic carbocycles. The molecule has 0 spiro atoms. The lowest BCUT2D eigenvalue weighted by Gasteiger charge is -2.06. The highest BCUT2D eigenvalue weighted by molar-refractivity contribution is 5.75. The minimum Gasteiger partial charge on any atom is -0.353 e. The zero-order valence-corrected chi connectivity index (χ0v) is 13.9. The van der Waals surface area contributed by atoms with Gasteiger partial charge in [-0.05, 0) is 20.8 Å². The number of amides is 1. The molecule has 25 heavy (non-hydrogen) atoms. The number of hydrogen-bond donors (Lipinski definition) is 1. The Morgan fingerprint density at radius 1 is 1.16 bits per heavy atom. The molecule has 0 aliphatic heterocycles. The standard InChI is InChI=1S/C13H17N7O5/c1-8-11(19(22)23)6-17(15-8)7-12(21)14-4-5-18-10(3)13(20(24)25)9(2)16-18/h6H,4-5,7H2,1-3H3,(H,14,21). The van der Waals surface area contributed by atoms with Crippen LogP contribution in [0.5, 0.6) is 0 Å². The first kappa shape index (κ1) is 18.0. The molecule has 0 atom stereocenters. The fourth-order valence-corrected chi connectivity index (χ4v) is 2.44. The van der Waals surface area contributed by atoms with E-state index in [9.17, 15) is 25.0 Å². The van der Waals surface area contributed by atoms with Gasteiger partial charge in [0.1, 0.15) is 29.8 Å². The maximum absolute atomic E-state index is 11.9. The first-order chi connectivity index (χ1) is 11.7. The molecule has 0 saturated heterocycles. The van der Waals surface area contributed by atoms with Crippen molar-refractivity contribution in [2.24, 2.45) is 0 Å². The van der Waals surface area contributed by atoms with Crippen LogP contribution in [0.2, 0.25) is 0 Å². The summed E-state index contributed by atoms with van der Waals surface area (Å²) < 4.78 is 2.65. The number of carbonyl (C=O) groups is 1. The van der Waals surface area contributed by atoms with Crippen LogP contribution in [0.3, 0.4) is 0 Å². The lowest BCUT2D eigenvalue weighted by molar-refractivity contribution is -0.386. The molecule has 2 aromatic rings. The molecule has 2 rings (SSSR count). The van der Waals surface area contributed by atoms with Crippen molar-refractivity contribution in [1.82, 2.24) is 24.9 Å². The summed E-state index contributed by atoms with van der Waals surface area (Å²) in [5.74, 6) is -0.381. The summed E-state index contributed by atoms with van der Waals surface area (Å²) in [4.78, 5) is 32.5. The normalized spacial score (nSPS) is 10.7. The fraction of sp³-hybridized carbons (Fsp3) is 0.462. The number of aryl methyl sites for hydroxylation is 2. The number of rotatable bonds is 7. The molecular weight excluding hydrogens is 334 g/mol. The molecule has 1 amide bonds. The smallest absolute Gasteiger partial charge is 0.312 e. The van der Waals surface area contributed by atoms with Crippen LogP contribution in [0.25, 0.3) is 0 Å². The van der Waals surface area contributed by atoms with Gasteiger partial charge in [0.15, 0.2) is 0 Å². The van der Waals surface area contributed by atoms with Crippen molar-refractivity contribution < 1.29 is 14.6 Å². The second-order valence-corrected chi connectivity index (χ2v) is 5.40. The summed E-state index contributed by atoms with van der Waals surface area (Å²) in [6, 6.07) is 0. The molecular formula is C13H17N7O5. The number of carbonyl (C=O) groups excluding carboxylic acids is 1. The molecule has 12 nitrogen and oxygen atoms in total. The Balaban J connectivity index is 1.91. The summed E-state index contributed by atoms with van der Waals surface area (Å²) in [6.45, 7) is 4.94. The number of nitro groups is 2. The van der Waals surface area contributed by atoms with E-state index in [1.807, 2.05) is 0 Å². The molecule has 0 aliphatic carbocycles. The average Bonchev–Trinajstić information content (AvgIpc) is 2.99. The zero-order valence-electron chi connectivity index (χ0n) is 13.9. The summed E-state index contributed by atoms with van der Waals surface area (Å²) in [7, 11) is 0. The molecule has 0 bridgehead atoms. The predicted molar refractivity (Wildman–Crippen MR) is 85.0 cm³/mol. The van der Waals surface area contributed by atoms with Crippen molar-refractivity contribution in [3.05, 3.63) is 43.5 Å². The van der Waals surface area contributed by atoms with Crippen molar-refractivity contribution in [3.8, 4) is 0 Å². The van der Waals surface area contributed by atoms with Crippen molar-refractivity contribution in [2.45, 2.75) is 33.9 Å². The molecule has 2 aromatic heterocycles. The second kappa shape index (κ2) is 7.07. The topological polar surface area (TPSA) is 151 Å². The maximum Gasteiger partial charge on any atom is 0.312 e. The van der Waals surface area contributed by atoms with Crippen LogP contribution in [0.4, 0.5) is 11.4 Å². The van der Waals surface area contributed by atoms with Crippen LogP contribution in [-0.2, 0) is 17.9 Å². The first-order valence-corrected chi connectivity index (χ1v) is 7.34. The minimum absolute atomic E-state index is 0.0364. The van der Waals surface area contributed by atoms with Gasteiger partial charge >= 0.3 is 11.4 Å². The Labute approximate surface area is 141 Å². The van der Waals surface area contributed by atoms with Crippen molar-refractivity contribution in [1.29, 1.82) is 0 Å². The Kier molecular flexibility index (Phi) is 5.10. The quantitative estimate of drug-likeness (QED) is 0.567. The zero-order chi connectivity index (χ0) is 18.7. The fourth-order valence-electron chi connectivity index (χ4n) is 2.44. The lowest BCUT2D eigenvalue weighted by Crippen LogP contribution is -2.31. The molecule has 0 fully saturated rings. The Hall–Kier alpha value is -3.31. The molecule has 0 radical (unpaired) electrons. The maximum atomic E-state index is 11.9. The van der Waals surface area contributed by atoms with E-state index < -0.39 is 9.85 Å². The number of nitrogens with zero attached hydrogens (tertiary/aromatic N) is 6. The predicted octanol–water partition coefficient (Wildman–Crippen LogP) is 0.638. The van der Waals surface area contributed by atoms with E-state index in [1.165, 1.54) is 22.5 Å². The number of aromatic nitrogens is 4. The third kappa shape index (κ3) is 3.97. The van der Waals surface area contributed by atoms with Gasteiger partial charge in [0.25, 0.3) is 0 Å². The first-order valence-electron chi connectivity index (χ1n) is 7.34. The van der Waals surface area contributed by atoms with Gasteiger partial charge < -0.3 is 5.32 Å². The minimum atomic E-state index is -0.563. The molecule has 0 aliphatic rings. The van der Waals surface area contributed by atoms with E-state index >= 15 is 0 Å². The van der Waals surface area contributed by atoms with Crippen LogP contribution in [-0.4, -0.2) is 41.9 Å². The Morgan fingerprint density at radius 2 is 1.84 bits per heavy atom. The number of hydrogen-bond acceptors (Lipinski definition) is 7. The van der Waals surface area contributed by atoms with Crippen LogP contribution in [0.1, 0.15) is 17.1 Å². The average molecular weight is 351 g/mol. The molecule has 134 valence electrons. The summed E-state index contributed by atoms with van der Waals surface area (Å²) in [6.07, 6.45) is 1.19. The molecule has 0 saturated carbocycles. The van der Waals surface area contributed by atoms with Crippen LogP contribution >= 0.6 is 0 Å². The monoisotopic (exact) mass is 351 g/mol. The van der Waals surface area contributed by atoms with E-state index in [2.05, 4.69) is 15.5 Å². The Morgan fingerprint density at radius 3 is 2.36 bits per heavy atom. The molecule has 1 N–H and O–H groups in total. The van der Waals surface area contributed by atoms with Gasteiger partial charge in [0.2, 0.25) is 5.91 Å². The van der Waals surface area contributed by atoms with Crippen LogP contribution in [0, 0.1) is 41.0 Å². The highest BCUT2D eigenvalue weighted by Crippen LogP contribution is 2.21. The van der Waals surface area contributed by atoms with E-state index in [4.69, 9.17) is 0 Å². The third-order valence-electron chi connectivity index (χ3n) is 3.59. The summed E-state index contributed by atoms with van der Waals surface area (Å²) in [5.41, 5.74) is 0.768. The third-order valence-corrected chi connectivity index (χ3v) is 3.59. The highest BCUT2D eigenvalue weighted by atomic mass is 16.6. The van der Waals surface area contributed by atoms with E-state index in [0.717, 1.165) is 0 Å². The van der Waals surface area contributed by atoms with Crippen molar-refractivity contribution >= 4 is 17.3 Å². The van der Waals surface area contributed by atoms with Gasteiger partial charge in [-0.3, -0.25) is 34.4 Å². The van der Waals surface area contributed by atoms with E-state index in [1.54, 1.807) is 13.8 Å². The van der Waals surface area contributed by atoms with E-state index in [-0.39, 0.29) is 42.6 Å². The van der Waals surface area contributed by atoms with Crippen molar-refractivity contribution in [2.75, 3.05) is 6.54 Å². The van der Waals surface area contributed by atoms with Crippen molar-refractivity contribution in [3.63, 3.8) is 0 Å². The molecule has 12 heteroatoms. The summed E-state index contributed by atoms with van der Waals surface area (Å²) >= 11 is 0. The van der Waals surface area contributed by atoms with Gasteiger partial charge in [-0.1, -0.05) is 0 Å². The Bertz CT molecular complexity index is 838. The SMILES string of the molecule is Cc1nn(CC(=O)NCCn2nc(C)c([N+](=O)[O-])c2C)cc1[N+](=O)[O-]. The largest absolute Gasteiger partial charge is 0.353 e.